The van der Waals surface area contributed by atoms with Crippen LogP contribution in [0.4, 0.5) is 10.5 Å². The van der Waals surface area contributed by atoms with E-state index in [0.717, 1.165) is 56.6 Å². The van der Waals surface area contributed by atoms with Gasteiger partial charge in [-0.3, -0.25) is 4.79 Å². The van der Waals surface area contributed by atoms with Crippen LogP contribution in [0.2, 0.25) is 0 Å². The molecule has 0 aliphatic carbocycles. The summed E-state index contributed by atoms with van der Waals surface area (Å²) in [6.07, 6.45) is 8.60. The SMILES string of the molecule is O=C(NCc1cccc(N2CCCCC2=O)c1)N1CCCCCCC1. The summed E-state index contributed by atoms with van der Waals surface area (Å²) < 4.78 is 0. The summed E-state index contributed by atoms with van der Waals surface area (Å²) in [4.78, 5) is 28.3. The van der Waals surface area contributed by atoms with Crippen LogP contribution in [0.1, 0.15) is 56.9 Å². The molecule has 0 saturated carbocycles. The highest BCUT2D eigenvalue weighted by molar-refractivity contribution is 5.94. The zero-order chi connectivity index (χ0) is 17.5. The molecule has 1 aromatic carbocycles. The quantitative estimate of drug-likeness (QED) is 0.910. The number of urea groups is 1. The van der Waals surface area contributed by atoms with E-state index in [9.17, 15) is 9.59 Å². The number of piperidine rings is 1. The van der Waals surface area contributed by atoms with E-state index in [0.29, 0.717) is 13.0 Å². The summed E-state index contributed by atoms with van der Waals surface area (Å²) in [5, 5.41) is 3.04. The first-order valence-corrected chi connectivity index (χ1v) is 9.66. The van der Waals surface area contributed by atoms with E-state index in [2.05, 4.69) is 5.32 Å². The van der Waals surface area contributed by atoms with Gasteiger partial charge in [0.25, 0.3) is 0 Å². The zero-order valence-corrected chi connectivity index (χ0v) is 15.0. The van der Waals surface area contributed by atoms with Gasteiger partial charge in [-0.2, -0.15) is 0 Å². The van der Waals surface area contributed by atoms with E-state index in [4.69, 9.17) is 0 Å². The van der Waals surface area contributed by atoms with Crippen molar-refractivity contribution in [3.63, 3.8) is 0 Å². The molecular weight excluding hydrogens is 314 g/mol. The normalized spacial score (nSPS) is 19.3. The minimum Gasteiger partial charge on any atom is -0.334 e. The van der Waals surface area contributed by atoms with Crippen LogP contribution in [0.5, 0.6) is 0 Å². The first-order valence-electron chi connectivity index (χ1n) is 9.66. The molecule has 0 unspecified atom stereocenters. The fourth-order valence-electron chi connectivity index (χ4n) is 3.65. The summed E-state index contributed by atoms with van der Waals surface area (Å²) in [6, 6.07) is 8.01. The molecule has 5 nitrogen and oxygen atoms in total. The Morgan fingerprint density at radius 1 is 0.960 bits per heavy atom. The Kier molecular flexibility index (Phi) is 6.31. The fraction of sp³-hybridized carbons (Fsp3) is 0.600. The molecule has 0 bridgehead atoms. The molecule has 0 atom stereocenters. The Labute approximate surface area is 150 Å². The van der Waals surface area contributed by atoms with Crippen LogP contribution < -0.4 is 10.2 Å². The number of benzene rings is 1. The third-order valence-corrected chi connectivity index (χ3v) is 5.13. The molecule has 3 amide bonds. The van der Waals surface area contributed by atoms with Gasteiger partial charge in [0.1, 0.15) is 0 Å². The molecule has 5 heteroatoms. The minimum absolute atomic E-state index is 0.0290. The number of anilines is 1. The topological polar surface area (TPSA) is 52.7 Å². The van der Waals surface area contributed by atoms with Crippen LogP contribution in [-0.4, -0.2) is 36.5 Å². The third-order valence-electron chi connectivity index (χ3n) is 5.13. The summed E-state index contributed by atoms with van der Waals surface area (Å²) in [5.41, 5.74) is 1.99. The van der Waals surface area contributed by atoms with Gasteiger partial charge in [-0.25, -0.2) is 4.79 Å². The van der Waals surface area contributed by atoms with Gasteiger partial charge in [0.05, 0.1) is 0 Å². The van der Waals surface area contributed by atoms with Crippen molar-refractivity contribution < 1.29 is 9.59 Å². The van der Waals surface area contributed by atoms with E-state index >= 15 is 0 Å². The average molecular weight is 343 g/mol. The first kappa shape index (κ1) is 17.8. The molecule has 0 spiro atoms. The summed E-state index contributed by atoms with van der Waals surface area (Å²) in [6.45, 7) is 3.01. The van der Waals surface area contributed by atoms with Crippen molar-refractivity contribution in [2.24, 2.45) is 0 Å². The number of nitrogens with zero attached hydrogens (tertiary/aromatic N) is 2. The summed E-state index contributed by atoms with van der Waals surface area (Å²) >= 11 is 0. The van der Waals surface area contributed by atoms with Crippen molar-refractivity contribution in [3.05, 3.63) is 29.8 Å². The monoisotopic (exact) mass is 343 g/mol. The van der Waals surface area contributed by atoms with E-state index in [1.807, 2.05) is 34.1 Å². The molecule has 2 aliphatic heterocycles. The molecule has 2 heterocycles. The average Bonchev–Trinajstić information content (AvgIpc) is 2.60. The number of carbonyl (C=O) groups is 2. The summed E-state index contributed by atoms with van der Waals surface area (Å²) in [7, 11) is 0. The van der Waals surface area contributed by atoms with Gasteiger partial charge in [0.15, 0.2) is 0 Å². The van der Waals surface area contributed by atoms with E-state index in [-0.39, 0.29) is 11.9 Å². The number of amides is 3. The third kappa shape index (κ3) is 4.97. The maximum absolute atomic E-state index is 12.4. The van der Waals surface area contributed by atoms with Crippen molar-refractivity contribution in [2.45, 2.75) is 57.9 Å². The lowest BCUT2D eigenvalue weighted by Crippen LogP contribution is -2.41. The second-order valence-corrected chi connectivity index (χ2v) is 7.09. The standard InChI is InChI=1S/C20H29N3O2/c24-19-11-4-7-14-23(19)18-10-8-9-17(15-18)16-21-20(25)22-12-5-2-1-3-6-13-22/h8-10,15H,1-7,11-14,16H2,(H,21,25). The second kappa shape index (κ2) is 8.88. The van der Waals surface area contributed by atoms with Crippen LogP contribution in [0.15, 0.2) is 24.3 Å². The lowest BCUT2D eigenvalue weighted by Gasteiger charge is -2.27. The molecule has 2 fully saturated rings. The first-order chi connectivity index (χ1) is 12.2. The van der Waals surface area contributed by atoms with Crippen molar-refractivity contribution in [2.75, 3.05) is 24.5 Å². The van der Waals surface area contributed by atoms with Crippen molar-refractivity contribution in [3.8, 4) is 0 Å². The van der Waals surface area contributed by atoms with Gasteiger partial charge >= 0.3 is 6.03 Å². The molecule has 1 aromatic rings. The Morgan fingerprint density at radius 3 is 2.44 bits per heavy atom. The van der Waals surface area contributed by atoms with Gasteiger partial charge < -0.3 is 15.1 Å². The molecule has 136 valence electrons. The van der Waals surface area contributed by atoms with Crippen LogP contribution >= 0.6 is 0 Å². The Bertz CT molecular complexity index is 594. The maximum atomic E-state index is 12.4. The van der Waals surface area contributed by atoms with E-state index < -0.39 is 0 Å². The molecule has 1 N–H and O–H groups in total. The van der Waals surface area contributed by atoms with Crippen molar-refractivity contribution in [1.82, 2.24) is 10.2 Å². The van der Waals surface area contributed by atoms with Crippen LogP contribution in [0.3, 0.4) is 0 Å². The molecule has 25 heavy (non-hydrogen) atoms. The highest BCUT2D eigenvalue weighted by atomic mass is 16.2. The number of hydrogen-bond donors (Lipinski definition) is 1. The Hall–Kier alpha value is -2.04. The molecule has 2 aliphatic rings. The van der Waals surface area contributed by atoms with Gasteiger partial charge in [0.2, 0.25) is 5.91 Å². The largest absolute Gasteiger partial charge is 0.334 e. The van der Waals surface area contributed by atoms with E-state index in [1.54, 1.807) is 0 Å². The number of rotatable bonds is 3. The van der Waals surface area contributed by atoms with Crippen LogP contribution in [0.25, 0.3) is 0 Å². The highest BCUT2D eigenvalue weighted by Crippen LogP contribution is 2.22. The maximum Gasteiger partial charge on any atom is 0.317 e. The molecule has 0 aromatic heterocycles. The zero-order valence-electron chi connectivity index (χ0n) is 15.0. The van der Waals surface area contributed by atoms with Gasteiger partial charge in [-0.1, -0.05) is 31.4 Å². The van der Waals surface area contributed by atoms with Crippen molar-refractivity contribution in [1.29, 1.82) is 0 Å². The number of nitrogens with one attached hydrogen (secondary N) is 1. The van der Waals surface area contributed by atoms with Gasteiger partial charge in [-0.15, -0.1) is 0 Å². The lowest BCUT2D eigenvalue weighted by molar-refractivity contribution is -0.119. The van der Waals surface area contributed by atoms with Gasteiger partial charge in [0, 0.05) is 38.3 Å². The number of hydrogen-bond acceptors (Lipinski definition) is 2. The molecule has 2 saturated heterocycles. The molecule has 3 rings (SSSR count). The number of likely N-dealkylation sites (tertiary alicyclic amines) is 1. The smallest absolute Gasteiger partial charge is 0.317 e. The predicted octanol–water partition coefficient (Wildman–Crippen LogP) is 3.68. The van der Waals surface area contributed by atoms with Gasteiger partial charge in [-0.05, 0) is 43.4 Å². The van der Waals surface area contributed by atoms with Crippen LogP contribution in [0, 0.1) is 0 Å². The number of carbonyl (C=O) groups excluding carboxylic acids is 2. The Morgan fingerprint density at radius 2 is 1.68 bits per heavy atom. The van der Waals surface area contributed by atoms with Crippen LogP contribution in [-0.2, 0) is 11.3 Å². The van der Waals surface area contributed by atoms with Crippen molar-refractivity contribution >= 4 is 17.6 Å². The summed E-state index contributed by atoms with van der Waals surface area (Å²) in [5.74, 6) is 0.202. The van der Waals surface area contributed by atoms with E-state index in [1.165, 1.54) is 19.3 Å². The molecular formula is C20H29N3O2. The predicted molar refractivity (Wildman–Crippen MR) is 99.5 cm³/mol. The highest BCUT2D eigenvalue weighted by Gasteiger charge is 2.20. The minimum atomic E-state index is 0.0290. The molecule has 0 radical (unpaired) electrons. The second-order valence-electron chi connectivity index (χ2n) is 7.09. The Balaban J connectivity index is 1.56. The fourth-order valence-corrected chi connectivity index (χ4v) is 3.65. The lowest BCUT2D eigenvalue weighted by atomic mass is 10.1.